The number of halogens is 1. The highest BCUT2D eigenvalue weighted by atomic mass is 19.1. The molecule has 0 bridgehead atoms. The summed E-state index contributed by atoms with van der Waals surface area (Å²) >= 11 is 0. The number of nitrogens with two attached hydrogens (primary N) is 1. The maximum absolute atomic E-state index is 12.9. The molecule has 104 valence electrons. The van der Waals surface area contributed by atoms with Gasteiger partial charge in [0.15, 0.2) is 0 Å². The van der Waals surface area contributed by atoms with E-state index in [1.807, 2.05) is 16.7 Å². The van der Waals surface area contributed by atoms with E-state index in [1.54, 1.807) is 18.2 Å². The van der Waals surface area contributed by atoms with Crippen LogP contribution in [0.3, 0.4) is 0 Å². The summed E-state index contributed by atoms with van der Waals surface area (Å²) in [5, 5.41) is 9.09. The van der Waals surface area contributed by atoms with Gasteiger partial charge in [-0.05, 0) is 36.2 Å². The number of benzene rings is 2. The van der Waals surface area contributed by atoms with Gasteiger partial charge in [-0.25, -0.2) is 9.37 Å². The fourth-order valence-electron chi connectivity index (χ4n) is 2.38. The van der Waals surface area contributed by atoms with E-state index in [2.05, 4.69) is 11.1 Å². The van der Waals surface area contributed by atoms with E-state index in [0.29, 0.717) is 30.0 Å². The average molecular weight is 280 g/mol. The second kappa shape index (κ2) is 5.25. The third-order valence-corrected chi connectivity index (χ3v) is 3.47. The highest BCUT2D eigenvalue weighted by Gasteiger charge is 2.11. The zero-order chi connectivity index (χ0) is 14.8. The molecule has 1 heterocycles. The number of nitrogen functional groups attached to an aromatic ring is 1. The van der Waals surface area contributed by atoms with Crippen molar-refractivity contribution in [3.63, 3.8) is 0 Å². The molecule has 2 aromatic carbocycles. The molecule has 0 saturated heterocycles. The Bertz CT molecular complexity index is 828. The fraction of sp³-hybridized carbons (Fsp3) is 0.125. The number of imidazole rings is 1. The standard InChI is InChI=1S/C16H13FN4/c17-13-6-4-11(5-7-13)8-9-21-14-3-1-2-12(10-18)15(14)20-16(21)19/h1-7H,8-9H2,(H2,19,20). The van der Waals surface area contributed by atoms with Gasteiger partial charge in [0.05, 0.1) is 11.1 Å². The number of nitrogens with zero attached hydrogens (tertiary/aromatic N) is 3. The molecule has 0 spiro atoms. The van der Waals surface area contributed by atoms with Gasteiger partial charge in [0.25, 0.3) is 0 Å². The molecule has 2 N–H and O–H groups in total. The Morgan fingerprint density at radius 2 is 1.95 bits per heavy atom. The minimum absolute atomic E-state index is 0.245. The molecule has 0 atom stereocenters. The Balaban J connectivity index is 1.92. The van der Waals surface area contributed by atoms with Crippen molar-refractivity contribution >= 4 is 17.0 Å². The quantitative estimate of drug-likeness (QED) is 0.802. The summed E-state index contributed by atoms with van der Waals surface area (Å²) in [6.45, 7) is 0.628. The third kappa shape index (κ3) is 2.43. The predicted molar refractivity (Wildman–Crippen MR) is 79.0 cm³/mol. The summed E-state index contributed by atoms with van der Waals surface area (Å²) in [6, 6.07) is 13.9. The molecule has 0 aliphatic rings. The van der Waals surface area contributed by atoms with E-state index in [-0.39, 0.29) is 5.82 Å². The molecule has 3 rings (SSSR count). The summed E-state index contributed by atoms with van der Waals surface area (Å²) in [5.74, 6) is 0.139. The zero-order valence-electron chi connectivity index (χ0n) is 11.3. The number of hydrogen-bond donors (Lipinski definition) is 1. The first-order valence-corrected chi connectivity index (χ1v) is 6.58. The smallest absolute Gasteiger partial charge is 0.201 e. The minimum Gasteiger partial charge on any atom is -0.369 e. The zero-order valence-corrected chi connectivity index (χ0v) is 11.3. The molecule has 1 aromatic heterocycles. The molecular weight excluding hydrogens is 267 g/mol. The van der Waals surface area contributed by atoms with E-state index in [1.165, 1.54) is 12.1 Å². The van der Waals surface area contributed by atoms with Crippen LogP contribution < -0.4 is 5.73 Å². The lowest BCUT2D eigenvalue weighted by atomic mass is 10.1. The molecular formula is C16H13FN4. The van der Waals surface area contributed by atoms with Gasteiger partial charge in [-0.15, -0.1) is 0 Å². The lowest BCUT2D eigenvalue weighted by Gasteiger charge is -2.06. The van der Waals surface area contributed by atoms with Crippen LogP contribution in [0, 0.1) is 17.1 Å². The van der Waals surface area contributed by atoms with E-state index in [9.17, 15) is 4.39 Å². The van der Waals surface area contributed by atoms with E-state index in [4.69, 9.17) is 11.0 Å². The molecule has 5 heteroatoms. The highest BCUT2D eigenvalue weighted by Crippen LogP contribution is 2.21. The maximum atomic E-state index is 12.9. The average Bonchev–Trinajstić information content (AvgIpc) is 2.82. The van der Waals surface area contributed by atoms with Gasteiger partial charge < -0.3 is 10.3 Å². The Morgan fingerprint density at radius 1 is 1.19 bits per heavy atom. The van der Waals surface area contributed by atoms with Crippen LogP contribution in [-0.4, -0.2) is 9.55 Å². The largest absolute Gasteiger partial charge is 0.369 e. The monoisotopic (exact) mass is 280 g/mol. The van der Waals surface area contributed by atoms with Gasteiger partial charge >= 0.3 is 0 Å². The van der Waals surface area contributed by atoms with Crippen LogP contribution >= 0.6 is 0 Å². The first-order chi connectivity index (χ1) is 10.2. The van der Waals surface area contributed by atoms with Crippen molar-refractivity contribution in [1.82, 2.24) is 9.55 Å². The molecule has 0 aliphatic carbocycles. The number of para-hydroxylation sites is 1. The molecule has 0 saturated carbocycles. The van der Waals surface area contributed by atoms with Gasteiger partial charge in [0, 0.05) is 6.54 Å². The van der Waals surface area contributed by atoms with Crippen LogP contribution in [0.5, 0.6) is 0 Å². The summed E-state index contributed by atoms with van der Waals surface area (Å²) in [5.41, 5.74) is 8.95. The van der Waals surface area contributed by atoms with E-state index in [0.717, 1.165) is 11.1 Å². The molecule has 0 fully saturated rings. The van der Waals surface area contributed by atoms with Crippen molar-refractivity contribution < 1.29 is 4.39 Å². The number of nitriles is 1. The van der Waals surface area contributed by atoms with Gasteiger partial charge in [-0.1, -0.05) is 18.2 Å². The van der Waals surface area contributed by atoms with Crippen LogP contribution in [0.4, 0.5) is 10.3 Å². The van der Waals surface area contributed by atoms with Gasteiger partial charge in [0.2, 0.25) is 5.95 Å². The van der Waals surface area contributed by atoms with Crippen molar-refractivity contribution in [2.24, 2.45) is 0 Å². The van der Waals surface area contributed by atoms with E-state index >= 15 is 0 Å². The number of anilines is 1. The summed E-state index contributed by atoms with van der Waals surface area (Å²) in [4.78, 5) is 4.27. The number of fused-ring (bicyclic) bond motifs is 1. The minimum atomic E-state index is -0.245. The molecule has 0 aliphatic heterocycles. The molecule has 0 amide bonds. The van der Waals surface area contributed by atoms with Gasteiger partial charge in [-0.2, -0.15) is 5.26 Å². The van der Waals surface area contributed by atoms with Crippen molar-refractivity contribution in [3.05, 3.63) is 59.4 Å². The van der Waals surface area contributed by atoms with Crippen LogP contribution in [0.2, 0.25) is 0 Å². The van der Waals surface area contributed by atoms with Crippen molar-refractivity contribution in [1.29, 1.82) is 5.26 Å². The van der Waals surface area contributed by atoms with Crippen molar-refractivity contribution in [3.8, 4) is 6.07 Å². The van der Waals surface area contributed by atoms with Crippen LogP contribution in [0.25, 0.3) is 11.0 Å². The van der Waals surface area contributed by atoms with Crippen molar-refractivity contribution in [2.45, 2.75) is 13.0 Å². The Morgan fingerprint density at radius 3 is 2.67 bits per heavy atom. The fourth-order valence-corrected chi connectivity index (χ4v) is 2.38. The predicted octanol–water partition coefficient (Wildman–Crippen LogP) is 2.87. The Hall–Kier alpha value is -2.87. The molecule has 4 nitrogen and oxygen atoms in total. The summed E-state index contributed by atoms with van der Waals surface area (Å²) < 4.78 is 14.8. The highest BCUT2D eigenvalue weighted by molar-refractivity contribution is 5.83. The summed E-state index contributed by atoms with van der Waals surface area (Å²) in [6.07, 6.45) is 0.715. The second-order valence-corrected chi connectivity index (χ2v) is 4.78. The van der Waals surface area contributed by atoms with Gasteiger partial charge in [0.1, 0.15) is 17.4 Å². The first kappa shape index (κ1) is 13.1. The first-order valence-electron chi connectivity index (χ1n) is 6.58. The summed E-state index contributed by atoms with van der Waals surface area (Å²) in [7, 11) is 0. The number of hydrogen-bond acceptors (Lipinski definition) is 3. The van der Waals surface area contributed by atoms with Crippen LogP contribution in [-0.2, 0) is 13.0 Å². The lowest BCUT2D eigenvalue weighted by molar-refractivity contribution is 0.626. The van der Waals surface area contributed by atoms with Crippen LogP contribution in [0.15, 0.2) is 42.5 Å². The Kier molecular flexibility index (Phi) is 3.28. The Labute approximate surface area is 121 Å². The lowest BCUT2D eigenvalue weighted by Crippen LogP contribution is -2.05. The maximum Gasteiger partial charge on any atom is 0.201 e. The topological polar surface area (TPSA) is 67.6 Å². The molecule has 0 radical (unpaired) electrons. The third-order valence-electron chi connectivity index (χ3n) is 3.47. The second-order valence-electron chi connectivity index (χ2n) is 4.78. The molecule has 0 unspecified atom stereocenters. The number of aryl methyl sites for hydroxylation is 2. The molecule has 21 heavy (non-hydrogen) atoms. The van der Waals surface area contributed by atoms with Crippen LogP contribution in [0.1, 0.15) is 11.1 Å². The van der Waals surface area contributed by atoms with Gasteiger partial charge in [-0.3, -0.25) is 0 Å². The number of aromatic nitrogens is 2. The number of rotatable bonds is 3. The van der Waals surface area contributed by atoms with Crippen molar-refractivity contribution in [2.75, 3.05) is 5.73 Å². The normalized spacial score (nSPS) is 10.7. The van der Waals surface area contributed by atoms with E-state index < -0.39 is 0 Å². The SMILES string of the molecule is N#Cc1cccc2c1nc(N)n2CCc1ccc(F)cc1. The molecule has 3 aromatic rings.